The van der Waals surface area contributed by atoms with Crippen LogP contribution in [0.15, 0.2) is 35.1 Å². The highest BCUT2D eigenvalue weighted by Gasteiger charge is 2.71. The van der Waals surface area contributed by atoms with Crippen molar-refractivity contribution in [1.29, 1.82) is 0 Å². The van der Waals surface area contributed by atoms with Gasteiger partial charge in [-0.15, -0.1) is 0 Å². The number of hydrogen-bond donors (Lipinski definition) is 1. The second kappa shape index (κ2) is 2.64. The molecule has 4 rings (SSSR count). The summed E-state index contributed by atoms with van der Waals surface area (Å²) in [7, 11) is 0. The Morgan fingerprint density at radius 1 is 1.56 bits per heavy atom. The van der Waals surface area contributed by atoms with Crippen molar-refractivity contribution in [2.45, 2.75) is 32.3 Å². The number of carbonyl (C=O) groups excluding carboxylic acids is 1. The molecule has 4 atom stereocenters. The maximum atomic E-state index is 11.6. The predicted octanol–water partition coefficient (Wildman–Crippen LogP) is 2.09. The maximum absolute atomic E-state index is 11.6. The first kappa shape index (κ1) is 10.6. The molecule has 1 N–H and O–H groups in total. The van der Waals surface area contributed by atoms with Gasteiger partial charge >= 0.3 is 5.97 Å². The van der Waals surface area contributed by atoms with Gasteiger partial charge in [-0.1, -0.05) is 13.5 Å². The Morgan fingerprint density at radius 2 is 2.28 bits per heavy atom. The van der Waals surface area contributed by atoms with E-state index in [1.807, 2.05) is 6.08 Å². The summed E-state index contributed by atoms with van der Waals surface area (Å²) in [4.78, 5) is 11.6. The monoisotopic (exact) mass is 244 g/mol. The summed E-state index contributed by atoms with van der Waals surface area (Å²) in [5, 5.41) is 11.0. The van der Waals surface area contributed by atoms with E-state index in [-0.39, 0.29) is 11.4 Å². The molecular weight excluding hydrogens is 228 g/mol. The zero-order chi connectivity index (χ0) is 12.9. The average Bonchev–Trinajstić information content (AvgIpc) is 3.03. The average molecular weight is 244 g/mol. The third kappa shape index (κ3) is 0.881. The lowest BCUT2D eigenvalue weighted by molar-refractivity contribution is -0.133. The van der Waals surface area contributed by atoms with Gasteiger partial charge in [0.05, 0.1) is 5.60 Å². The Hall–Kier alpha value is -1.35. The largest absolute Gasteiger partial charge is 0.423 e. The van der Waals surface area contributed by atoms with E-state index in [0.29, 0.717) is 29.6 Å². The molecule has 2 saturated carbocycles. The summed E-state index contributed by atoms with van der Waals surface area (Å²) in [6, 6.07) is 0. The third-order valence-electron chi connectivity index (χ3n) is 5.55. The first-order chi connectivity index (χ1) is 8.38. The summed E-state index contributed by atoms with van der Waals surface area (Å²) in [5.41, 5.74) is 1.23. The quantitative estimate of drug-likeness (QED) is 0.524. The van der Waals surface area contributed by atoms with Gasteiger partial charge in [-0.05, 0) is 36.8 Å². The van der Waals surface area contributed by atoms with Gasteiger partial charge in [-0.3, -0.25) is 0 Å². The Kier molecular flexibility index (Phi) is 1.55. The van der Waals surface area contributed by atoms with Gasteiger partial charge in [0, 0.05) is 23.0 Å². The number of carbonyl (C=O) groups is 1. The van der Waals surface area contributed by atoms with E-state index in [0.717, 1.165) is 17.6 Å². The number of esters is 1. The highest BCUT2D eigenvalue weighted by Crippen LogP contribution is 2.72. The van der Waals surface area contributed by atoms with Crippen LogP contribution in [0.25, 0.3) is 0 Å². The molecule has 1 heterocycles. The lowest BCUT2D eigenvalue weighted by atomic mass is 9.64. The molecule has 3 aliphatic carbocycles. The second-order valence-corrected chi connectivity index (χ2v) is 6.30. The molecule has 0 amide bonds. The molecular formula is C15H16O3. The van der Waals surface area contributed by atoms with Crippen LogP contribution >= 0.6 is 0 Å². The molecule has 0 aromatic rings. The van der Waals surface area contributed by atoms with Crippen LogP contribution in [0.2, 0.25) is 0 Å². The third-order valence-corrected chi connectivity index (χ3v) is 5.55. The fourth-order valence-electron chi connectivity index (χ4n) is 4.14. The highest BCUT2D eigenvalue weighted by atomic mass is 16.5. The molecule has 0 aromatic heterocycles. The van der Waals surface area contributed by atoms with Crippen LogP contribution in [0, 0.1) is 17.3 Å². The van der Waals surface area contributed by atoms with E-state index >= 15 is 0 Å². The molecule has 3 nitrogen and oxygen atoms in total. The Bertz CT molecular complexity index is 583. The predicted molar refractivity (Wildman–Crippen MR) is 65.3 cm³/mol. The van der Waals surface area contributed by atoms with Crippen molar-refractivity contribution in [3.63, 3.8) is 0 Å². The van der Waals surface area contributed by atoms with E-state index in [1.54, 1.807) is 6.92 Å². The topological polar surface area (TPSA) is 46.5 Å². The number of ether oxygens (including phenoxy) is 1. The van der Waals surface area contributed by atoms with E-state index in [2.05, 4.69) is 13.5 Å². The van der Waals surface area contributed by atoms with Crippen LogP contribution < -0.4 is 0 Å². The zero-order valence-corrected chi connectivity index (χ0v) is 10.6. The van der Waals surface area contributed by atoms with E-state index in [9.17, 15) is 9.90 Å². The summed E-state index contributed by atoms with van der Waals surface area (Å²) >= 11 is 0. The molecule has 0 unspecified atom stereocenters. The first-order valence-electron chi connectivity index (χ1n) is 6.45. The van der Waals surface area contributed by atoms with Gasteiger partial charge in [0.1, 0.15) is 5.76 Å². The summed E-state index contributed by atoms with van der Waals surface area (Å²) in [5.74, 6) is 1.31. The van der Waals surface area contributed by atoms with Gasteiger partial charge < -0.3 is 9.84 Å². The van der Waals surface area contributed by atoms with Gasteiger partial charge in [0.2, 0.25) is 0 Å². The van der Waals surface area contributed by atoms with E-state index < -0.39 is 5.60 Å². The lowest BCUT2D eigenvalue weighted by Gasteiger charge is -2.44. The van der Waals surface area contributed by atoms with Gasteiger partial charge in [0.25, 0.3) is 0 Å². The van der Waals surface area contributed by atoms with Gasteiger partial charge in [0.15, 0.2) is 0 Å². The minimum atomic E-state index is -0.894. The molecule has 94 valence electrons. The molecule has 0 spiro atoms. The van der Waals surface area contributed by atoms with Gasteiger partial charge in [-0.25, -0.2) is 4.79 Å². The SMILES string of the molecule is C=C1[C@H]2C[C@H]2[C@]2(C)C=C3OC(=O)C(C)=C3C[C@@]12O. The zero-order valence-electron chi connectivity index (χ0n) is 10.6. The molecule has 0 bridgehead atoms. The molecule has 1 aliphatic heterocycles. The van der Waals surface area contributed by atoms with Crippen molar-refractivity contribution in [3.8, 4) is 0 Å². The van der Waals surface area contributed by atoms with Crippen LogP contribution in [0.3, 0.4) is 0 Å². The number of fused-ring (bicyclic) bond motifs is 4. The number of rotatable bonds is 0. The fourth-order valence-corrected chi connectivity index (χ4v) is 4.14. The van der Waals surface area contributed by atoms with Crippen molar-refractivity contribution in [2.24, 2.45) is 17.3 Å². The molecule has 0 saturated heterocycles. The highest BCUT2D eigenvalue weighted by molar-refractivity contribution is 5.94. The second-order valence-electron chi connectivity index (χ2n) is 6.30. The summed E-state index contributed by atoms with van der Waals surface area (Å²) in [6.45, 7) is 7.95. The smallest absolute Gasteiger partial charge is 0.339 e. The van der Waals surface area contributed by atoms with Crippen molar-refractivity contribution < 1.29 is 14.6 Å². The van der Waals surface area contributed by atoms with E-state index in [4.69, 9.17) is 4.74 Å². The molecule has 4 aliphatic rings. The minimum Gasteiger partial charge on any atom is -0.423 e. The van der Waals surface area contributed by atoms with Crippen molar-refractivity contribution in [2.75, 3.05) is 0 Å². The normalized spacial score (nSPS) is 48.5. The van der Waals surface area contributed by atoms with Crippen LogP contribution in [0.5, 0.6) is 0 Å². The van der Waals surface area contributed by atoms with Crippen LogP contribution in [-0.2, 0) is 9.53 Å². The number of hydrogen-bond acceptors (Lipinski definition) is 3. The molecule has 0 radical (unpaired) electrons. The van der Waals surface area contributed by atoms with Crippen LogP contribution in [0.4, 0.5) is 0 Å². The lowest BCUT2D eigenvalue weighted by Crippen LogP contribution is -2.47. The van der Waals surface area contributed by atoms with Crippen LogP contribution in [-0.4, -0.2) is 16.7 Å². The van der Waals surface area contributed by atoms with Gasteiger partial charge in [-0.2, -0.15) is 0 Å². The van der Waals surface area contributed by atoms with Crippen molar-refractivity contribution in [3.05, 3.63) is 35.1 Å². The first-order valence-corrected chi connectivity index (χ1v) is 6.45. The van der Waals surface area contributed by atoms with Crippen molar-refractivity contribution >= 4 is 5.97 Å². The molecule has 3 heteroatoms. The van der Waals surface area contributed by atoms with Crippen molar-refractivity contribution in [1.82, 2.24) is 0 Å². The fraction of sp³-hybridized carbons (Fsp3) is 0.533. The Morgan fingerprint density at radius 3 is 3.00 bits per heavy atom. The number of allylic oxidation sites excluding steroid dienone is 1. The maximum Gasteiger partial charge on any atom is 0.339 e. The number of aliphatic hydroxyl groups is 1. The summed E-state index contributed by atoms with van der Waals surface area (Å²) < 4.78 is 5.31. The standard InChI is InChI=1S/C15H16O3/c1-7-10-5-15(17)8(2)9-4-11(9)14(15,3)6-12(10)18-13(7)16/h6,9,11,17H,2,4-5H2,1,3H3/t9-,11-,14+,15-/m1/s1. The minimum absolute atomic E-state index is 0.276. The summed E-state index contributed by atoms with van der Waals surface area (Å²) in [6.07, 6.45) is 3.55. The van der Waals surface area contributed by atoms with E-state index in [1.165, 1.54) is 0 Å². The molecule has 0 aromatic carbocycles. The Balaban J connectivity index is 1.94. The van der Waals surface area contributed by atoms with Crippen LogP contribution in [0.1, 0.15) is 26.7 Å². The Labute approximate surface area is 106 Å². The molecule has 2 fully saturated rings. The molecule has 18 heavy (non-hydrogen) atoms.